The molecule has 3 heteroatoms. The van der Waals surface area contributed by atoms with Crippen molar-refractivity contribution in [2.75, 3.05) is 13.2 Å². The molecule has 1 N–H and O–H groups in total. The highest BCUT2D eigenvalue weighted by Crippen LogP contribution is 2.11. The lowest BCUT2D eigenvalue weighted by molar-refractivity contribution is 0.130. The summed E-state index contributed by atoms with van der Waals surface area (Å²) in [6.07, 6.45) is 4.58. The summed E-state index contributed by atoms with van der Waals surface area (Å²) in [5.74, 6) is 0.903. The van der Waals surface area contributed by atoms with Crippen molar-refractivity contribution in [2.45, 2.75) is 26.5 Å². The average Bonchev–Trinajstić information content (AvgIpc) is 2.67. The van der Waals surface area contributed by atoms with Crippen molar-refractivity contribution >= 4 is 0 Å². The topological polar surface area (TPSA) is 34.4 Å². The minimum atomic E-state index is 0.516. The highest BCUT2D eigenvalue weighted by atomic mass is 16.5. The first kappa shape index (κ1) is 12.0. The molecule has 0 aliphatic heterocycles. The molecule has 84 valence electrons. The van der Waals surface area contributed by atoms with Crippen LogP contribution in [-0.4, -0.2) is 13.2 Å². The summed E-state index contributed by atoms with van der Waals surface area (Å²) in [4.78, 5) is 0. The molecule has 0 saturated carbocycles. The molecule has 0 spiro atoms. The van der Waals surface area contributed by atoms with E-state index in [4.69, 9.17) is 9.15 Å². The van der Waals surface area contributed by atoms with Crippen LogP contribution in [-0.2, 0) is 17.9 Å². The Morgan fingerprint density at radius 3 is 3.20 bits per heavy atom. The molecule has 0 atom stereocenters. The Bertz CT molecular complexity index is 281. The second kappa shape index (κ2) is 7.26. The summed E-state index contributed by atoms with van der Waals surface area (Å²) >= 11 is 0. The molecule has 0 amide bonds. The van der Waals surface area contributed by atoms with Gasteiger partial charge in [-0.1, -0.05) is 13.0 Å². The van der Waals surface area contributed by atoms with Gasteiger partial charge in [0.1, 0.15) is 12.4 Å². The molecule has 0 fully saturated rings. The van der Waals surface area contributed by atoms with Crippen LogP contribution in [0.3, 0.4) is 0 Å². The van der Waals surface area contributed by atoms with Gasteiger partial charge in [-0.3, -0.25) is 0 Å². The average molecular weight is 209 g/mol. The molecule has 0 aromatic carbocycles. The molecule has 0 saturated heterocycles. The quantitative estimate of drug-likeness (QED) is 0.527. The van der Waals surface area contributed by atoms with Crippen LogP contribution in [0, 0.1) is 0 Å². The molecule has 1 aromatic rings. The molecule has 1 rings (SSSR count). The lowest BCUT2D eigenvalue weighted by Gasteiger charge is -2.04. The van der Waals surface area contributed by atoms with Crippen molar-refractivity contribution in [3.05, 3.63) is 36.3 Å². The number of rotatable bonds is 8. The van der Waals surface area contributed by atoms with Crippen LogP contribution in [0.5, 0.6) is 0 Å². The second-order valence-corrected chi connectivity index (χ2v) is 3.35. The predicted octanol–water partition coefficient (Wildman–Crippen LogP) is 2.48. The van der Waals surface area contributed by atoms with Gasteiger partial charge in [0.15, 0.2) is 0 Å². The maximum Gasteiger partial charge on any atom is 0.133 e. The third-order valence-corrected chi connectivity index (χ3v) is 2.05. The summed E-state index contributed by atoms with van der Waals surface area (Å²) in [6.45, 7) is 8.69. The molecule has 0 unspecified atom stereocenters. The molecule has 3 nitrogen and oxygen atoms in total. The zero-order valence-electron chi connectivity index (χ0n) is 9.29. The summed E-state index contributed by atoms with van der Waals surface area (Å²) in [7, 11) is 0. The van der Waals surface area contributed by atoms with E-state index in [9.17, 15) is 0 Å². The first-order valence-corrected chi connectivity index (χ1v) is 5.33. The number of hydrogen-bond donors (Lipinski definition) is 1. The minimum absolute atomic E-state index is 0.516. The van der Waals surface area contributed by atoms with E-state index < -0.39 is 0 Å². The van der Waals surface area contributed by atoms with Gasteiger partial charge < -0.3 is 14.5 Å². The Balaban J connectivity index is 2.35. The zero-order chi connectivity index (χ0) is 10.9. The van der Waals surface area contributed by atoms with Crippen molar-refractivity contribution in [3.63, 3.8) is 0 Å². The van der Waals surface area contributed by atoms with Gasteiger partial charge in [-0.2, -0.15) is 0 Å². The maximum atomic E-state index is 5.34. The van der Waals surface area contributed by atoms with Crippen molar-refractivity contribution in [1.29, 1.82) is 0 Å². The first-order chi connectivity index (χ1) is 7.38. The van der Waals surface area contributed by atoms with Crippen LogP contribution in [0.1, 0.15) is 24.7 Å². The summed E-state index contributed by atoms with van der Waals surface area (Å²) in [6, 6.07) is 1.98. The predicted molar refractivity (Wildman–Crippen MR) is 60.6 cm³/mol. The van der Waals surface area contributed by atoms with Gasteiger partial charge in [0.25, 0.3) is 0 Å². The molecule has 1 heterocycles. The fourth-order valence-electron chi connectivity index (χ4n) is 1.29. The van der Waals surface area contributed by atoms with E-state index in [0.717, 1.165) is 25.3 Å². The third-order valence-electron chi connectivity index (χ3n) is 2.05. The number of nitrogens with one attached hydrogen (secondary N) is 1. The Morgan fingerprint density at radius 2 is 2.47 bits per heavy atom. The Labute approximate surface area is 91.1 Å². The minimum Gasteiger partial charge on any atom is -0.467 e. The molecule has 15 heavy (non-hydrogen) atoms. The molecule has 1 aromatic heterocycles. The lowest BCUT2D eigenvalue weighted by Crippen LogP contribution is -2.14. The Hall–Kier alpha value is -1.06. The van der Waals surface area contributed by atoms with Gasteiger partial charge in [0.05, 0.1) is 12.9 Å². The van der Waals surface area contributed by atoms with Crippen molar-refractivity contribution in [3.8, 4) is 0 Å². The van der Waals surface area contributed by atoms with Crippen LogP contribution in [0.25, 0.3) is 0 Å². The number of ether oxygens (including phenoxy) is 1. The van der Waals surface area contributed by atoms with Gasteiger partial charge >= 0.3 is 0 Å². The van der Waals surface area contributed by atoms with Gasteiger partial charge in [0.2, 0.25) is 0 Å². The molecular formula is C12H19NO2. The summed E-state index contributed by atoms with van der Waals surface area (Å²) in [5.41, 5.74) is 1.17. The van der Waals surface area contributed by atoms with Gasteiger partial charge in [-0.25, -0.2) is 0 Å². The zero-order valence-corrected chi connectivity index (χ0v) is 9.29. The fraction of sp³-hybridized carbons (Fsp3) is 0.500. The lowest BCUT2D eigenvalue weighted by atomic mass is 10.2. The van der Waals surface area contributed by atoms with Crippen molar-refractivity contribution in [1.82, 2.24) is 5.32 Å². The van der Waals surface area contributed by atoms with E-state index >= 15 is 0 Å². The summed E-state index contributed by atoms with van der Waals surface area (Å²) in [5, 5.41) is 3.33. The first-order valence-electron chi connectivity index (χ1n) is 5.33. The maximum absolute atomic E-state index is 5.34. The second-order valence-electron chi connectivity index (χ2n) is 3.35. The third kappa shape index (κ3) is 4.32. The monoisotopic (exact) mass is 209 g/mol. The largest absolute Gasteiger partial charge is 0.467 e. The molecule has 0 bridgehead atoms. The van der Waals surface area contributed by atoms with E-state index in [-0.39, 0.29) is 0 Å². The normalized spacial score (nSPS) is 10.5. The molecule has 0 radical (unpaired) electrons. The molecule has 0 aliphatic rings. The Morgan fingerprint density at radius 1 is 1.60 bits per heavy atom. The Kier molecular flexibility index (Phi) is 5.81. The highest BCUT2D eigenvalue weighted by molar-refractivity contribution is 5.16. The summed E-state index contributed by atoms with van der Waals surface area (Å²) < 4.78 is 10.7. The van der Waals surface area contributed by atoms with E-state index in [2.05, 4.69) is 18.8 Å². The molecule has 0 aliphatic carbocycles. The standard InChI is InChI=1S/C12H19NO2/c1-3-6-13-9-11-5-8-15-12(11)10-14-7-4-2/h4-5,8,13H,2-3,6-7,9-10H2,1H3. The molecular weight excluding hydrogens is 190 g/mol. The van der Waals surface area contributed by atoms with Crippen molar-refractivity contribution in [2.24, 2.45) is 0 Å². The van der Waals surface area contributed by atoms with Crippen LogP contribution in [0.2, 0.25) is 0 Å². The van der Waals surface area contributed by atoms with E-state index in [1.54, 1.807) is 12.3 Å². The van der Waals surface area contributed by atoms with E-state index in [0.29, 0.717) is 13.2 Å². The number of hydrogen-bond acceptors (Lipinski definition) is 3. The number of furan rings is 1. The van der Waals surface area contributed by atoms with Gasteiger partial charge in [-0.05, 0) is 19.0 Å². The smallest absolute Gasteiger partial charge is 0.133 e. The van der Waals surface area contributed by atoms with Crippen LogP contribution < -0.4 is 5.32 Å². The van der Waals surface area contributed by atoms with Crippen LogP contribution >= 0.6 is 0 Å². The van der Waals surface area contributed by atoms with Crippen molar-refractivity contribution < 1.29 is 9.15 Å². The van der Waals surface area contributed by atoms with Crippen LogP contribution in [0.4, 0.5) is 0 Å². The SMILES string of the molecule is C=CCOCc1occc1CNCCC. The van der Waals surface area contributed by atoms with Crippen LogP contribution in [0.15, 0.2) is 29.4 Å². The fourth-order valence-corrected chi connectivity index (χ4v) is 1.29. The van der Waals surface area contributed by atoms with Gasteiger partial charge in [0, 0.05) is 12.1 Å². The van der Waals surface area contributed by atoms with E-state index in [1.165, 1.54) is 5.56 Å². The highest BCUT2D eigenvalue weighted by Gasteiger charge is 2.05. The van der Waals surface area contributed by atoms with Gasteiger partial charge in [-0.15, -0.1) is 6.58 Å². The van der Waals surface area contributed by atoms with E-state index in [1.807, 2.05) is 6.07 Å².